The highest BCUT2D eigenvalue weighted by atomic mass is 14.9. The number of rotatable bonds is 0. The second-order valence-electron chi connectivity index (χ2n) is 1.96. The predicted molar refractivity (Wildman–Crippen MR) is 31.0 cm³/mol. The Morgan fingerprint density at radius 1 is 1.71 bits per heavy atom. The molecule has 1 N–H and O–H groups in total. The SMILES string of the molecule is CC1=CCCCN1. The average molecular weight is 97.2 g/mol. The van der Waals surface area contributed by atoms with Crippen LogP contribution in [0.25, 0.3) is 0 Å². The summed E-state index contributed by atoms with van der Waals surface area (Å²) in [6, 6.07) is 0. The fourth-order valence-corrected chi connectivity index (χ4v) is 0.778. The lowest BCUT2D eigenvalue weighted by Crippen LogP contribution is -2.15. The minimum absolute atomic E-state index is 1.17. The van der Waals surface area contributed by atoms with E-state index >= 15 is 0 Å². The molecule has 0 saturated carbocycles. The average Bonchev–Trinajstić information content (AvgIpc) is 1.69. The molecule has 0 aliphatic carbocycles. The molecule has 1 rings (SSSR count). The first-order valence-corrected chi connectivity index (χ1v) is 2.80. The van der Waals surface area contributed by atoms with E-state index in [1.165, 1.54) is 25.1 Å². The third kappa shape index (κ3) is 1.22. The third-order valence-corrected chi connectivity index (χ3v) is 1.24. The van der Waals surface area contributed by atoms with Gasteiger partial charge in [-0.1, -0.05) is 6.08 Å². The van der Waals surface area contributed by atoms with Gasteiger partial charge in [0.15, 0.2) is 0 Å². The maximum atomic E-state index is 3.24. The van der Waals surface area contributed by atoms with Crippen molar-refractivity contribution in [3.8, 4) is 0 Å². The molecule has 40 valence electrons. The summed E-state index contributed by atoms with van der Waals surface area (Å²) in [6.07, 6.45) is 4.81. The zero-order valence-electron chi connectivity index (χ0n) is 4.70. The second-order valence-corrected chi connectivity index (χ2v) is 1.96. The lowest BCUT2D eigenvalue weighted by Gasteiger charge is -2.09. The van der Waals surface area contributed by atoms with Gasteiger partial charge in [-0.2, -0.15) is 0 Å². The lowest BCUT2D eigenvalue weighted by molar-refractivity contribution is 0.690. The van der Waals surface area contributed by atoms with Gasteiger partial charge < -0.3 is 5.32 Å². The monoisotopic (exact) mass is 97.1 g/mol. The standard InChI is InChI=1S/C6H11N/c1-6-4-2-3-5-7-6/h4,7H,2-3,5H2,1H3. The molecule has 0 aromatic carbocycles. The minimum Gasteiger partial charge on any atom is -0.389 e. The summed E-state index contributed by atoms with van der Waals surface area (Å²) in [6.45, 7) is 3.28. The molecule has 0 spiro atoms. The number of nitrogens with one attached hydrogen (secondary N) is 1. The Hall–Kier alpha value is -0.460. The molecule has 1 aliphatic rings. The first kappa shape index (κ1) is 4.69. The van der Waals surface area contributed by atoms with E-state index < -0.39 is 0 Å². The zero-order chi connectivity index (χ0) is 5.11. The zero-order valence-corrected chi connectivity index (χ0v) is 4.70. The van der Waals surface area contributed by atoms with Crippen molar-refractivity contribution in [1.82, 2.24) is 5.32 Å². The van der Waals surface area contributed by atoms with Crippen LogP contribution in [0.15, 0.2) is 11.8 Å². The summed E-state index contributed by atoms with van der Waals surface area (Å²) < 4.78 is 0. The molecule has 1 heterocycles. The van der Waals surface area contributed by atoms with Gasteiger partial charge in [-0.3, -0.25) is 0 Å². The molecule has 0 aromatic rings. The van der Waals surface area contributed by atoms with Crippen molar-refractivity contribution < 1.29 is 0 Å². The van der Waals surface area contributed by atoms with E-state index in [0.29, 0.717) is 0 Å². The van der Waals surface area contributed by atoms with Crippen molar-refractivity contribution in [2.75, 3.05) is 6.54 Å². The largest absolute Gasteiger partial charge is 0.389 e. The maximum absolute atomic E-state index is 3.24. The number of hydrogen-bond acceptors (Lipinski definition) is 1. The molecule has 0 radical (unpaired) electrons. The molecular weight excluding hydrogens is 86.1 g/mol. The van der Waals surface area contributed by atoms with Crippen molar-refractivity contribution >= 4 is 0 Å². The third-order valence-electron chi connectivity index (χ3n) is 1.24. The Morgan fingerprint density at radius 2 is 2.57 bits per heavy atom. The summed E-state index contributed by atoms with van der Waals surface area (Å²) in [5.74, 6) is 0. The Morgan fingerprint density at radius 3 is 2.86 bits per heavy atom. The van der Waals surface area contributed by atoms with E-state index in [4.69, 9.17) is 0 Å². The molecular formula is C6H11N. The van der Waals surface area contributed by atoms with E-state index in [1.807, 2.05) is 0 Å². The Balaban J connectivity index is 2.40. The first-order chi connectivity index (χ1) is 3.39. The van der Waals surface area contributed by atoms with Crippen LogP contribution < -0.4 is 5.32 Å². The fraction of sp³-hybridized carbons (Fsp3) is 0.667. The van der Waals surface area contributed by atoms with Gasteiger partial charge in [0.05, 0.1) is 0 Å². The first-order valence-electron chi connectivity index (χ1n) is 2.80. The van der Waals surface area contributed by atoms with Crippen molar-refractivity contribution in [3.05, 3.63) is 11.8 Å². The summed E-state index contributed by atoms with van der Waals surface area (Å²) >= 11 is 0. The molecule has 1 aliphatic heterocycles. The highest BCUT2D eigenvalue weighted by Crippen LogP contribution is 2.00. The van der Waals surface area contributed by atoms with E-state index in [1.54, 1.807) is 0 Å². The molecule has 0 bridgehead atoms. The quantitative estimate of drug-likeness (QED) is 0.480. The predicted octanol–water partition coefficient (Wildman–Crippen LogP) is 1.27. The lowest BCUT2D eigenvalue weighted by atomic mass is 10.2. The highest BCUT2D eigenvalue weighted by Gasteiger charge is 1.92. The molecule has 0 saturated heterocycles. The molecule has 1 heteroatoms. The van der Waals surface area contributed by atoms with Crippen molar-refractivity contribution in [3.63, 3.8) is 0 Å². The summed E-state index contributed by atoms with van der Waals surface area (Å²) in [7, 11) is 0. The van der Waals surface area contributed by atoms with Gasteiger partial charge in [0.1, 0.15) is 0 Å². The molecule has 0 aromatic heterocycles. The highest BCUT2D eigenvalue weighted by molar-refractivity contribution is 4.98. The Labute approximate surface area is 44.4 Å². The topological polar surface area (TPSA) is 12.0 Å². The van der Waals surface area contributed by atoms with Crippen LogP contribution >= 0.6 is 0 Å². The van der Waals surface area contributed by atoms with Crippen molar-refractivity contribution in [2.45, 2.75) is 19.8 Å². The van der Waals surface area contributed by atoms with Gasteiger partial charge in [0, 0.05) is 12.2 Å². The van der Waals surface area contributed by atoms with Crippen LogP contribution in [0.4, 0.5) is 0 Å². The normalized spacial score (nSPS) is 20.4. The molecule has 7 heavy (non-hydrogen) atoms. The fourth-order valence-electron chi connectivity index (χ4n) is 0.778. The molecule has 0 atom stereocenters. The van der Waals surface area contributed by atoms with Crippen LogP contribution in [0, 0.1) is 0 Å². The van der Waals surface area contributed by atoms with E-state index in [-0.39, 0.29) is 0 Å². The molecule has 0 amide bonds. The summed E-state index contributed by atoms with van der Waals surface area (Å²) in [4.78, 5) is 0. The maximum Gasteiger partial charge on any atom is 0.0146 e. The summed E-state index contributed by atoms with van der Waals surface area (Å²) in [5, 5.41) is 3.24. The van der Waals surface area contributed by atoms with Crippen molar-refractivity contribution in [2.24, 2.45) is 0 Å². The van der Waals surface area contributed by atoms with Gasteiger partial charge >= 0.3 is 0 Å². The minimum atomic E-state index is 1.17. The van der Waals surface area contributed by atoms with Crippen LogP contribution in [0.2, 0.25) is 0 Å². The molecule has 0 fully saturated rings. The van der Waals surface area contributed by atoms with Crippen LogP contribution in [-0.2, 0) is 0 Å². The van der Waals surface area contributed by atoms with Crippen LogP contribution in [0.3, 0.4) is 0 Å². The van der Waals surface area contributed by atoms with Crippen LogP contribution in [0.1, 0.15) is 19.8 Å². The molecule has 0 unspecified atom stereocenters. The van der Waals surface area contributed by atoms with Crippen LogP contribution in [-0.4, -0.2) is 6.54 Å². The van der Waals surface area contributed by atoms with Gasteiger partial charge in [0.2, 0.25) is 0 Å². The Kier molecular flexibility index (Phi) is 1.35. The number of hydrogen-bond donors (Lipinski definition) is 1. The number of allylic oxidation sites excluding steroid dienone is 2. The van der Waals surface area contributed by atoms with E-state index in [2.05, 4.69) is 18.3 Å². The van der Waals surface area contributed by atoms with E-state index in [0.717, 1.165) is 0 Å². The van der Waals surface area contributed by atoms with Gasteiger partial charge in [0.25, 0.3) is 0 Å². The van der Waals surface area contributed by atoms with Crippen molar-refractivity contribution in [1.29, 1.82) is 0 Å². The second kappa shape index (κ2) is 2.01. The Bertz CT molecular complexity index is 84.2. The van der Waals surface area contributed by atoms with Gasteiger partial charge in [-0.05, 0) is 19.8 Å². The van der Waals surface area contributed by atoms with E-state index in [9.17, 15) is 0 Å². The molecule has 1 nitrogen and oxygen atoms in total. The van der Waals surface area contributed by atoms with Gasteiger partial charge in [-0.25, -0.2) is 0 Å². The smallest absolute Gasteiger partial charge is 0.0146 e. The van der Waals surface area contributed by atoms with Crippen LogP contribution in [0.5, 0.6) is 0 Å². The summed E-state index contributed by atoms with van der Waals surface area (Å²) in [5.41, 5.74) is 1.34. The van der Waals surface area contributed by atoms with Gasteiger partial charge in [-0.15, -0.1) is 0 Å².